The average Bonchev–Trinajstić information content (AvgIpc) is 2.38. The van der Waals surface area contributed by atoms with Gasteiger partial charge in [-0.25, -0.2) is 9.97 Å². The predicted octanol–water partition coefficient (Wildman–Crippen LogP) is 2.20. The van der Waals surface area contributed by atoms with Gasteiger partial charge in [0, 0.05) is 38.8 Å². The minimum atomic E-state index is 0.241. The minimum absolute atomic E-state index is 0.241. The van der Waals surface area contributed by atoms with Crippen molar-refractivity contribution in [3.63, 3.8) is 0 Å². The second-order valence-electron chi connectivity index (χ2n) is 5.75. The Morgan fingerprint density at radius 1 is 1.16 bits per heavy atom. The Bertz CT molecular complexity index is 435. The predicted molar refractivity (Wildman–Crippen MR) is 82.8 cm³/mol. The third-order valence-electron chi connectivity index (χ3n) is 3.54. The number of piperazine rings is 1. The van der Waals surface area contributed by atoms with Gasteiger partial charge in [0.2, 0.25) is 0 Å². The van der Waals surface area contributed by atoms with Crippen LogP contribution in [0.2, 0.25) is 0 Å². The van der Waals surface area contributed by atoms with E-state index in [1.807, 2.05) is 7.05 Å². The van der Waals surface area contributed by atoms with E-state index in [9.17, 15) is 0 Å². The van der Waals surface area contributed by atoms with E-state index < -0.39 is 0 Å². The maximum absolute atomic E-state index is 4.41. The van der Waals surface area contributed by atoms with Gasteiger partial charge in [0.1, 0.15) is 22.4 Å². The van der Waals surface area contributed by atoms with Crippen molar-refractivity contribution in [2.45, 2.75) is 26.3 Å². The number of nitrogens with one attached hydrogen (secondary N) is 1. The van der Waals surface area contributed by atoms with E-state index >= 15 is 0 Å². The molecule has 0 unspecified atom stereocenters. The molecule has 6 heteroatoms. The molecule has 1 aromatic heterocycles. The zero-order valence-electron chi connectivity index (χ0n) is 12.1. The van der Waals surface area contributed by atoms with Crippen LogP contribution in [0.3, 0.4) is 0 Å². The molecule has 1 aliphatic heterocycles. The van der Waals surface area contributed by atoms with Gasteiger partial charge in [-0.2, -0.15) is 0 Å². The highest BCUT2D eigenvalue weighted by Gasteiger charge is 2.27. The summed E-state index contributed by atoms with van der Waals surface area (Å²) in [4.78, 5) is 13.4. The molecular formula is C13H22BrN5. The summed E-state index contributed by atoms with van der Waals surface area (Å²) in [5.41, 5.74) is 0.241. The third-order valence-corrected chi connectivity index (χ3v) is 4.27. The molecule has 1 fully saturated rings. The first-order chi connectivity index (χ1) is 8.93. The lowest BCUT2D eigenvalue weighted by molar-refractivity contribution is 0.128. The van der Waals surface area contributed by atoms with Gasteiger partial charge in [0.15, 0.2) is 0 Å². The van der Waals surface area contributed by atoms with Gasteiger partial charge >= 0.3 is 0 Å². The van der Waals surface area contributed by atoms with Gasteiger partial charge in [-0.05, 0) is 36.7 Å². The first kappa shape index (κ1) is 14.5. The summed E-state index contributed by atoms with van der Waals surface area (Å²) in [5.74, 6) is 1.82. The molecule has 1 aromatic rings. The molecule has 0 spiro atoms. The molecule has 1 saturated heterocycles. The molecule has 106 valence electrons. The molecule has 0 radical (unpaired) electrons. The van der Waals surface area contributed by atoms with Crippen LogP contribution in [-0.2, 0) is 0 Å². The minimum Gasteiger partial charge on any atom is -0.372 e. The molecule has 5 nitrogen and oxygen atoms in total. The van der Waals surface area contributed by atoms with Gasteiger partial charge in [-0.1, -0.05) is 0 Å². The summed E-state index contributed by atoms with van der Waals surface area (Å²) < 4.78 is 0.946. The van der Waals surface area contributed by atoms with E-state index in [0.717, 1.165) is 42.3 Å². The molecule has 0 bridgehead atoms. The summed E-state index contributed by atoms with van der Waals surface area (Å²) in [6.45, 7) is 10.9. The van der Waals surface area contributed by atoms with Crippen LogP contribution in [0.1, 0.15) is 20.8 Å². The summed E-state index contributed by atoms with van der Waals surface area (Å²) in [5, 5.41) is 3.07. The van der Waals surface area contributed by atoms with Crippen LogP contribution in [0.4, 0.5) is 11.6 Å². The Hall–Kier alpha value is -0.880. The highest BCUT2D eigenvalue weighted by molar-refractivity contribution is 9.10. The topological polar surface area (TPSA) is 44.3 Å². The van der Waals surface area contributed by atoms with Crippen molar-refractivity contribution < 1.29 is 0 Å². The molecular weight excluding hydrogens is 306 g/mol. The number of anilines is 2. The zero-order valence-corrected chi connectivity index (χ0v) is 13.7. The van der Waals surface area contributed by atoms with Crippen molar-refractivity contribution >= 4 is 27.6 Å². The summed E-state index contributed by atoms with van der Waals surface area (Å²) in [6, 6.07) is 0. The van der Waals surface area contributed by atoms with E-state index in [1.54, 1.807) is 6.33 Å². The molecule has 0 saturated carbocycles. The van der Waals surface area contributed by atoms with Gasteiger partial charge in [-0.15, -0.1) is 0 Å². The third kappa shape index (κ3) is 3.17. The zero-order chi connectivity index (χ0) is 14.0. The Kier molecular flexibility index (Phi) is 4.30. The van der Waals surface area contributed by atoms with Crippen molar-refractivity contribution in [1.82, 2.24) is 14.9 Å². The van der Waals surface area contributed by atoms with Crippen LogP contribution in [0, 0.1) is 0 Å². The lowest BCUT2D eigenvalue weighted by Crippen LogP contribution is -2.53. The smallest absolute Gasteiger partial charge is 0.148 e. The van der Waals surface area contributed by atoms with Gasteiger partial charge in [0.05, 0.1) is 0 Å². The van der Waals surface area contributed by atoms with Gasteiger partial charge in [0.25, 0.3) is 0 Å². The molecule has 1 aliphatic rings. The van der Waals surface area contributed by atoms with Gasteiger partial charge < -0.3 is 10.2 Å². The second kappa shape index (κ2) is 5.63. The van der Waals surface area contributed by atoms with Crippen LogP contribution in [-0.4, -0.2) is 53.6 Å². The van der Waals surface area contributed by atoms with Gasteiger partial charge in [-0.3, -0.25) is 4.90 Å². The second-order valence-corrected chi connectivity index (χ2v) is 6.55. The Morgan fingerprint density at radius 2 is 1.79 bits per heavy atom. The van der Waals surface area contributed by atoms with Crippen LogP contribution >= 0.6 is 15.9 Å². The summed E-state index contributed by atoms with van der Waals surface area (Å²) in [6.07, 6.45) is 1.61. The van der Waals surface area contributed by atoms with Crippen LogP contribution in [0.5, 0.6) is 0 Å². The highest BCUT2D eigenvalue weighted by Crippen LogP contribution is 2.30. The van der Waals surface area contributed by atoms with Crippen molar-refractivity contribution in [2.24, 2.45) is 0 Å². The average molecular weight is 328 g/mol. The Balaban J connectivity index is 2.10. The number of hydrogen-bond donors (Lipinski definition) is 1. The Morgan fingerprint density at radius 3 is 2.32 bits per heavy atom. The monoisotopic (exact) mass is 327 g/mol. The van der Waals surface area contributed by atoms with Crippen LogP contribution < -0.4 is 10.2 Å². The molecule has 0 aliphatic carbocycles. The molecule has 2 heterocycles. The first-order valence-corrected chi connectivity index (χ1v) is 7.41. The van der Waals surface area contributed by atoms with Crippen molar-refractivity contribution in [3.8, 4) is 0 Å². The number of aromatic nitrogens is 2. The standard InChI is InChI=1S/C13H22BrN5/c1-13(2,3)19-7-5-18(6-8-19)12-10(14)11(15-4)16-9-17-12/h9H,5-8H2,1-4H3,(H,15,16,17). The highest BCUT2D eigenvalue weighted by atomic mass is 79.9. The van der Waals surface area contributed by atoms with E-state index in [-0.39, 0.29) is 5.54 Å². The molecule has 0 atom stereocenters. The van der Waals surface area contributed by atoms with E-state index in [1.165, 1.54) is 0 Å². The maximum Gasteiger partial charge on any atom is 0.148 e. The SMILES string of the molecule is CNc1ncnc(N2CCN(C(C)(C)C)CC2)c1Br. The van der Waals surface area contributed by atoms with Crippen LogP contribution in [0.15, 0.2) is 10.8 Å². The number of nitrogens with zero attached hydrogens (tertiary/aromatic N) is 4. The first-order valence-electron chi connectivity index (χ1n) is 6.61. The molecule has 0 aromatic carbocycles. The van der Waals surface area contributed by atoms with Crippen LogP contribution in [0.25, 0.3) is 0 Å². The normalized spacial score (nSPS) is 17.6. The number of rotatable bonds is 2. The van der Waals surface area contributed by atoms with E-state index in [4.69, 9.17) is 0 Å². The fourth-order valence-electron chi connectivity index (χ4n) is 2.34. The lowest BCUT2D eigenvalue weighted by Gasteiger charge is -2.42. The number of halogens is 1. The summed E-state index contributed by atoms with van der Waals surface area (Å²) >= 11 is 3.59. The molecule has 1 N–H and O–H groups in total. The molecule has 19 heavy (non-hydrogen) atoms. The summed E-state index contributed by atoms with van der Waals surface area (Å²) in [7, 11) is 1.87. The van der Waals surface area contributed by atoms with Crippen molar-refractivity contribution in [3.05, 3.63) is 10.8 Å². The number of hydrogen-bond acceptors (Lipinski definition) is 5. The fraction of sp³-hybridized carbons (Fsp3) is 0.692. The fourth-order valence-corrected chi connectivity index (χ4v) is 3.00. The largest absolute Gasteiger partial charge is 0.372 e. The Labute approximate surface area is 123 Å². The lowest BCUT2D eigenvalue weighted by atomic mass is 10.1. The molecule has 2 rings (SSSR count). The van der Waals surface area contributed by atoms with Crippen molar-refractivity contribution in [1.29, 1.82) is 0 Å². The van der Waals surface area contributed by atoms with E-state index in [2.05, 4.69) is 61.8 Å². The quantitative estimate of drug-likeness (QED) is 0.902. The van der Waals surface area contributed by atoms with E-state index in [0.29, 0.717) is 0 Å². The van der Waals surface area contributed by atoms with Crippen molar-refractivity contribution in [2.75, 3.05) is 43.4 Å². The molecule has 0 amide bonds. The maximum atomic E-state index is 4.41.